The highest BCUT2D eigenvalue weighted by Gasteiger charge is 2.21. The topological polar surface area (TPSA) is 105 Å². The van der Waals surface area contributed by atoms with Crippen LogP contribution in [0.25, 0.3) is 16.8 Å². The van der Waals surface area contributed by atoms with Gasteiger partial charge in [0.1, 0.15) is 28.9 Å². The second kappa shape index (κ2) is 8.90. The Morgan fingerprint density at radius 3 is 2.52 bits per heavy atom. The third-order valence-electron chi connectivity index (χ3n) is 4.21. The Morgan fingerprint density at radius 2 is 1.90 bits per heavy atom. The first-order valence-corrected chi connectivity index (χ1v) is 9.39. The Morgan fingerprint density at radius 1 is 1.16 bits per heavy atom. The number of nitrogens with one attached hydrogen (secondary N) is 2. The normalized spacial score (nSPS) is 12.7. The van der Waals surface area contributed by atoms with Crippen LogP contribution >= 0.6 is 0 Å². The molecule has 2 heterocycles. The molecule has 0 aliphatic heterocycles. The summed E-state index contributed by atoms with van der Waals surface area (Å²) in [6, 6.07) is 6.01. The lowest BCUT2D eigenvalue weighted by molar-refractivity contribution is 0.548. The van der Waals surface area contributed by atoms with Crippen LogP contribution in [0.3, 0.4) is 0 Å². The zero-order valence-corrected chi connectivity index (χ0v) is 17.6. The van der Waals surface area contributed by atoms with Crippen molar-refractivity contribution in [1.82, 2.24) is 30.4 Å². The molecule has 0 bridgehead atoms. The van der Waals surface area contributed by atoms with E-state index in [4.69, 9.17) is 0 Å². The van der Waals surface area contributed by atoms with E-state index in [0.29, 0.717) is 5.82 Å². The molecule has 0 unspecified atom stereocenters. The van der Waals surface area contributed by atoms with E-state index in [9.17, 15) is 8.78 Å². The zero-order valence-electron chi connectivity index (χ0n) is 17.6. The van der Waals surface area contributed by atoms with Crippen molar-refractivity contribution in [3.05, 3.63) is 59.7 Å². The number of nitrogens with zero attached hydrogens (tertiary/aromatic N) is 6. The lowest BCUT2D eigenvalue weighted by Crippen LogP contribution is -2.13. The molecule has 0 aliphatic rings. The largest absolute Gasteiger partial charge is 0.290 e. The summed E-state index contributed by atoms with van der Waals surface area (Å²) in [5.74, 6) is -0.174. The number of hydrogen-bond donors (Lipinski definition) is 2. The van der Waals surface area contributed by atoms with Crippen molar-refractivity contribution in [3.8, 4) is 11.3 Å². The van der Waals surface area contributed by atoms with Crippen LogP contribution in [0.4, 0.5) is 20.7 Å². The Kier molecular flexibility index (Phi) is 6.28. The lowest BCUT2D eigenvalue weighted by Gasteiger charge is -2.13. The minimum atomic E-state index is -0.557. The summed E-state index contributed by atoms with van der Waals surface area (Å²) in [6.07, 6.45) is 2.68. The summed E-state index contributed by atoms with van der Waals surface area (Å²) in [6.45, 7) is 10.5. The highest BCUT2D eigenvalue weighted by Crippen LogP contribution is 2.31. The van der Waals surface area contributed by atoms with Gasteiger partial charge in [0, 0.05) is 22.8 Å². The number of rotatable bonds is 6. The molecule has 160 valence electrons. The molecule has 2 N–H and O–H groups in total. The van der Waals surface area contributed by atoms with Gasteiger partial charge in [0.2, 0.25) is 11.9 Å². The van der Waals surface area contributed by atoms with Gasteiger partial charge in [0.15, 0.2) is 0 Å². The number of halogens is 2. The van der Waals surface area contributed by atoms with E-state index in [1.54, 1.807) is 12.1 Å². The van der Waals surface area contributed by atoms with Crippen LogP contribution in [0.15, 0.2) is 47.4 Å². The van der Waals surface area contributed by atoms with Crippen molar-refractivity contribution in [2.24, 2.45) is 4.99 Å². The predicted molar refractivity (Wildman–Crippen MR) is 116 cm³/mol. The maximum Gasteiger partial charge on any atom is 0.250 e. The number of anilines is 2. The molecule has 2 aromatic heterocycles. The van der Waals surface area contributed by atoms with Gasteiger partial charge in [0.25, 0.3) is 0 Å². The Hall–Kier alpha value is -3.82. The molecule has 0 radical (unpaired) electrons. The number of H-pyrrole nitrogens is 1. The van der Waals surface area contributed by atoms with Gasteiger partial charge in [-0.05, 0) is 31.9 Å². The average molecular weight is 424 g/mol. The molecule has 0 amide bonds. The van der Waals surface area contributed by atoms with Gasteiger partial charge in [-0.3, -0.25) is 15.4 Å². The average Bonchev–Trinajstić information content (AvgIpc) is 3.18. The van der Waals surface area contributed by atoms with Gasteiger partial charge in [-0.2, -0.15) is 4.98 Å². The number of aliphatic imine (C=N–C) groups is 1. The van der Waals surface area contributed by atoms with Gasteiger partial charge in [0.05, 0.1) is 0 Å². The SMILES string of the molecule is C=N/C=C\C(=C(/C)F)c1nnc(Nc2n[nH]c(C(C)(C)C)n2)nc1-c1ccccc1F. The van der Waals surface area contributed by atoms with Crippen molar-refractivity contribution < 1.29 is 8.78 Å². The van der Waals surface area contributed by atoms with Crippen LogP contribution in [0.1, 0.15) is 39.2 Å². The minimum absolute atomic E-state index is 0.0307. The summed E-state index contributed by atoms with van der Waals surface area (Å²) in [7, 11) is 0. The predicted octanol–water partition coefficient (Wildman–Crippen LogP) is 4.75. The molecule has 8 nitrogen and oxygen atoms in total. The monoisotopic (exact) mass is 424 g/mol. The zero-order chi connectivity index (χ0) is 22.6. The fourth-order valence-electron chi connectivity index (χ4n) is 2.64. The highest BCUT2D eigenvalue weighted by atomic mass is 19.1. The molecule has 0 aliphatic carbocycles. The first-order chi connectivity index (χ1) is 14.7. The molecule has 10 heteroatoms. The molecule has 0 spiro atoms. The van der Waals surface area contributed by atoms with Gasteiger partial charge in [-0.1, -0.05) is 32.9 Å². The third-order valence-corrected chi connectivity index (χ3v) is 4.21. The smallest absolute Gasteiger partial charge is 0.250 e. The maximum atomic E-state index is 14.6. The van der Waals surface area contributed by atoms with Crippen molar-refractivity contribution in [2.75, 3.05) is 5.32 Å². The third kappa shape index (κ3) is 5.03. The molecule has 1 aromatic carbocycles. The maximum absolute atomic E-state index is 14.6. The van der Waals surface area contributed by atoms with Crippen molar-refractivity contribution >= 4 is 24.2 Å². The fourth-order valence-corrected chi connectivity index (χ4v) is 2.64. The van der Waals surface area contributed by atoms with E-state index in [0.717, 1.165) is 0 Å². The van der Waals surface area contributed by atoms with Crippen LogP contribution in [0.2, 0.25) is 0 Å². The van der Waals surface area contributed by atoms with Crippen LogP contribution in [0, 0.1) is 5.82 Å². The Labute approximate surface area is 178 Å². The van der Waals surface area contributed by atoms with Crippen molar-refractivity contribution in [1.29, 1.82) is 0 Å². The standard InChI is InChI=1S/C21H22F2N8/c1-12(22)13(10-11-24-5)17-16(14-8-6-7-9-15(14)23)25-19(30-28-17)27-20-26-18(29-31-20)21(2,3)4/h6-11H,5H2,1-4H3,(H2,25,26,27,29,30,31)/b11-10-,13-12-. The summed E-state index contributed by atoms with van der Waals surface area (Å²) in [4.78, 5) is 12.3. The Balaban J connectivity index is 2.11. The number of aromatic amines is 1. The van der Waals surface area contributed by atoms with Gasteiger partial charge >= 0.3 is 0 Å². The molecular weight excluding hydrogens is 402 g/mol. The number of hydrogen-bond acceptors (Lipinski definition) is 7. The molecular formula is C21H22F2N8. The quantitative estimate of drug-likeness (QED) is 0.437. The van der Waals surface area contributed by atoms with Gasteiger partial charge < -0.3 is 0 Å². The molecule has 0 saturated carbocycles. The number of allylic oxidation sites excluding steroid dienone is 3. The van der Waals surface area contributed by atoms with E-state index in [-0.39, 0.29) is 39.8 Å². The lowest BCUT2D eigenvalue weighted by atomic mass is 9.96. The second-order valence-corrected chi connectivity index (χ2v) is 7.64. The van der Waals surface area contributed by atoms with Crippen molar-refractivity contribution in [3.63, 3.8) is 0 Å². The van der Waals surface area contributed by atoms with E-state index in [1.165, 1.54) is 31.3 Å². The van der Waals surface area contributed by atoms with Crippen LogP contribution in [0.5, 0.6) is 0 Å². The van der Waals surface area contributed by atoms with E-state index < -0.39 is 11.6 Å². The fraction of sp³-hybridized carbons (Fsp3) is 0.238. The van der Waals surface area contributed by atoms with E-state index >= 15 is 0 Å². The number of aromatic nitrogens is 6. The van der Waals surface area contributed by atoms with Crippen LogP contribution in [-0.2, 0) is 5.41 Å². The van der Waals surface area contributed by atoms with Crippen LogP contribution < -0.4 is 5.32 Å². The highest BCUT2D eigenvalue weighted by molar-refractivity contribution is 5.82. The summed E-state index contributed by atoms with van der Waals surface area (Å²) < 4.78 is 28.8. The van der Waals surface area contributed by atoms with Crippen LogP contribution in [-0.4, -0.2) is 37.1 Å². The van der Waals surface area contributed by atoms with Crippen molar-refractivity contribution in [2.45, 2.75) is 33.1 Å². The second-order valence-electron chi connectivity index (χ2n) is 7.64. The van der Waals surface area contributed by atoms with E-state index in [2.05, 4.69) is 47.4 Å². The first kappa shape index (κ1) is 21.9. The molecule has 3 rings (SSSR count). The number of benzene rings is 1. The summed E-state index contributed by atoms with van der Waals surface area (Å²) in [5.41, 5.74) is 0.117. The molecule has 0 saturated heterocycles. The summed E-state index contributed by atoms with van der Waals surface area (Å²) in [5, 5.41) is 17.9. The minimum Gasteiger partial charge on any atom is -0.290 e. The van der Waals surface area contributed by atoms with Gasteiger partial charge in [-0.15, -0.1) is 15.3 Å². The molecule has 31 heavy (non-hydrogen) atoms. The van der Waals surface area contributed by atoms with Gasteiger partial charge in [-0.25, -0.2) is 13.8 Å². The summed E-state index contributed by atoms with van der Waals surface area (Å²) >= 11 is 0. The van der Waals surface area contributed by atoms with E-state index in [1.807, 2.05) is 20.8 Å². The first-order valence-electron chi connectivity index (χ1n) is 9.39. The molecule has 0 fully saturated rings. The molecule has 3 aromatic rings. The Bertz CT molecular complexity index is 1150. The molecule has 0 atom stereocenters.